The Kier molecular flexibility index (Phi) is 2.71. The maximum absolute atomic E-state index is 5.53. The predicted octanol–water partition coefficient (Wildman–Crippen LogP) is 1.16. The van der Waals surface area contributed by atoms with Crippen LogP contribution in [0.3, 0.4) is 0 Å². The first-order chi connectivity index (χ1) is 5.95. The molecule has 0 amide bonds. The van der Waals surface area contributed by atoms with Crippen LogP contribution in [0.2, 0.25) is 0 Å². The van der Waals surface area contributed by atoms with E-state index in [-0.39, 0.29) is 11.3 Å². The van der Waals surface area contributed by atoms with Gasteiger partial charge in [-0.3, -0.25) is 5.10 Å². The first-order valence-electron chi connectivity index (χ1n) is 4.58. The third-order valence-corrected chi connectivity index (χ3v) is 1.99. The van der Waals surface area contributed by atoms with E-state index >= 15 is 0 Å². The lowest BCUT2D eigenvalue weighted by Gasteiger charge is -2.12. The van der Waals surface area contributed by atoms with Crippen molar-refractivity contribution in [3.63, 3.8) is 0 Å². The molecule has 0 radical (unpaired) electrons. The number of aromatic nitrogens is 3. The largest absolute Gasteiger partial charge is 0.330 e. The van der Waals surface area contributed by atoms with Crippen LogP contribution < -0.4 is 5.73 Å². The van der Waals surface area contributed by atoms with E-state index in [0.29, 0.717) is 6.54 Å². The van der Waals surface area contributed by atoms with Crippen molar-refractivity contribution in [1.82, 2.24) is 15.2 Å². The van der Waals surface area contributed by atoms with Gasteiger partial charge in [-0.15, -0.1) is 0 Å². The van der Waals surface area contributed by atoms with Crippen LogP contribution in [0.15, 0.2) is 0 Å². The summed E-state index contributed by atoms with van der Waals surface area (Å²) in [4.78, 5) is 4.41. The van der Waals surface area contributed by atoms with E-state index in [1.807, 2.05) is 6.92 Å². The average molecular weight is 182 g/mol. The van der Waals surface area contributed by atoms with Crippen LogP contribution in [0, 0.1) is 0 Å². The van der Waals surface area contributed by atoms with Gasteiger partial charge in [0.25, 0.3) is 0 Å². The summed E-state index contributed by atoms with van der Waals surface area (Å²) in [7, 11) is 0. The minimum absolute atomic E-state index is 0.00304. The zero-order valence-corrected chi connectivity index (χ0v) is 8.76. The summed E-state index contributed by atoms with van der Waals surface area (Å²) in [5.41, 5.74) is 5.54. The molecule has 0 fully saturated rings. The maximum atomic E-state index is 5.53. The fraction of sp³-hybridized carbons (Fsp3) is 0.778. The van der Waals surface area contributed by atoms with Crippen LogP contribution in [0.25, 0.3) is 0 Å². The minimum atomic E-state index is 0.00304. The van der Waals surface area contributed by atoms with Crippen LogP contribution in [0.4, 0.5) is 0 Å². The summed E-state index contributed by atoms with van der Waals surface area (Å²) in [6, 6.07) is 0. The second-order valence-corrected chi connectivity index (χ2v) is 4.43. The highest BCUT2D eigenvalue weighted by Crippen LogP contribution is 2.19. The van der Waals surface area contributed by atoms with Gasteiger partial charge in [0.2, 0.25) is 0 Å². The third kappa shape index (κ3) is 2.28. The van der Waals surface area contributed by atoms with E-state index in [4.69, 9.17) is 5.73 Å². The van der Waals surface area contributed by atoms with E-state index in [0.717, 1.165) is 11.6 Å². The molecule has 0 aliphatic rings. The van der Waals surface area contributed by atoms with Crippen molar-refractivity contribution in [3.8, 4) is 0 Å². The molecular formula is C9H18N4. The maximum Gasteiger partial charge on any atom is 0.156 e. The summed E-state index contributed by atoms with van der Waals surface area (Å²) in [5.74, 6) is 1.99. The molecule has 3 N–H and O–H groups in total. The molecule has 0 aliphatic carbocycles. The standard InChI is InChI=1S/C9H18N4/c1-6(5-10)7-11-8(13-12-7)9(2,3)4/h6H,5,10H2,1-4H3,(H,11,12,13). The Balaban J connectivity index is 2.87. The molecular weight excluding hydrogens is 164 g/mol. The van der Waals surface area contributed by atoms with Gasteiger partial charge in [0.05, 0.1) is 0 Å². The van der Waals surface area contributed by atoms with Crippen molar-refractivity contribution in [2.45, 2.75) is 39.0 Å². The third-order valence-electron chi connectivity index (χ3n) is 1.99. The van der Waals surface area contributed by atoms with E-state index in [1.165, 1.54) is 0 Å². The summed E-state index contributed by atoms with van der Waals surface area (Å²) in [5, 5.41) is 7.09. The first-order valence-corrected chi connectivity index (χ1v) is 4.58. The van der Waals surface area contributed by atoms with Gasteiger partial charge in [0, 0.05) is 17.9 Å². The topological polar surface area (TPSA) is 67.6 Å². The molecule has 1 rings (SSSR count). The van der Waals surface area contributed by atoms with E-state index in [1.54, 1.807) is 0 Å². The minimum Gasteiger partial charge on any atom is -0.330 e. The fourth-order valence-corrected chi connectivity index (χ4v) is 0.942. The molecule has 74 valence electrons. The normalized spacial score (nSPS) is 14.5. The van der Waals surface area contributed by atoms with Crippen LogP contribution >= 0.6 is 0 Å². The summed E-state index contributed by atoms with van der Waals surface area (Å²) in [6.45, 7) is 8.90. The second kappa shape index (κ2) is 3.46. The molecule has 1 aromatic heterocycles. The quantitative estimate of drug-likeness (QED) is 0.721. The van der Waals surface area contributed by atoms with E-state index < -0.39 is 0 Å². The van der Waals surface area contributed by atoms with Crippen LogP contribution in [-0.2, 0) is 5.41 Å². The van der Waals surface area contributed by atoms with Crippen LogP contribution in [0.1, 0.15) is 45.3 Å². The Bertz CT molecular complexity index is 271. The van der Waals surface area contributed by atoms with Crippen molar-refractivity contribution >= 4 is 0 Å². The van der Waals surface area contributed by atoms with Gasteiger partial charge in [-0.1, -0.05) is 27.7 Å². The number of H-pyrrole nitrogens is 1. The summed E-state index contributed by atoms with van der Waals surface area (Å²) >= 11 is 0. The Morgan fingerprint density at radius 2 is 2.08 bits per heavy atom. The molecule has 0 spiro atoms. The zero-order valence-electron chi connectivity index (χ0n) is 8.76. The molecule has 4 nitrogen and oxygen atoms in total. The summed E-state index contributed by atoms with van der Waals surface area (Å²) in [6.07, 6.45) is 0. The lowest BCUT2D eigenvalue weighted by atomic mass is 9.96. The Hall–Kier alpha value is -0.900. The molecule has 0 bridgehead atoms. The average Bonchev–Trinajstić information content (AvgIpc) is 2.50. The van der Waals surface area contributed by atoms with Gasteiger partial charge in [0.15, 0.2) is 5.82 Å². The molecule has 0 saturated carbocycles. The molecule has 0 aromatic carbocycles. The molecule has 1 heterocycles. The lowest BCUT2D eigenvalue weighted by molar-refractivity contribution is 0.547. The first kappa shape index (κ1) is 10.2. The van der Waals surface area contributed by atoms with Gasteiger partial charge in [0.1, 0.15) is 5.82 Å². The highest BCUT2D eigenvalue weighted by molar-refractivity contribution is 5.04. The van der Waals surface area contributed by atoms with Crippen molar-refractivity contribution in [1.29, 1.82) is 0 Å². The van der Waals surface area contributed by atoms with E-state index in [9.17, 15) is 0 Å². The number of hydrogen-bond donors (Lipinski definition) is 2. The van der Waals surface area contributed by atoms with Crippen molar-refractivity contribution < 1.29 is 0 Å². The van der Waals surface area contributed by atoms with Crippen molar-refractivity contribution in [2.75, 3.05) is 6.54 Å². The van der Waals surface area contributed by atoms with Crippen LogP contribution in [-0.4, -0.2) is 21.7 Å². The zero-order chi connectivity index (χ0) is 10.1. The van der Waals surface area contributed by atoms with Gasteiger partial charge >= 0.3 is 0 Å². The molecule has 1 aromatic rings. The fourth-order valence-electron chi connectivity index (χ4n) is 0.942. The second-order valence-electron chi connectivity index (χ2n) is 4.43. The van der Waals surface area contributed by atoms with Crippen LogP contribution in [0.5, 0.6) is 0 Å². The van der Waals surface area contributed by atoms with Gasteiger partial charge in [-0.05, 0) is 0 Å². The molecule has 13 heavy (non-hydrogen) atoms. The molecule has 4 heteroatoms. The smallest absolute Gasteiger partial charge is 0.156 e. The number of nitrogens with one attached hydrogen (secondary N) is 1. The van der Waals surface area contributed by atoms with Gasteiger partial charge < -0.3 is 5.73 Å². The molecule has 0 aliphatic heterocycles. The van der Waals surface area contributed by atoms with Gasteiger partial charge in [-0.2, -0.15) is 5.10 Å². The van der Waals surface area contributed by atoms with Crippen molar-refractivity contribution in [3.05, 3.63) is 11.6 Å². The summed E-state index contributed by atoms with van der Waals surface area (Å²) < 4.78 is 0. The number of hydrogen-bond acceptors (Lipinski definition) is 3. The molecule has 1 atom stereocenters. The monoisotopic (exact) mass is 182 g/mol. The molecule has 1 unspecified atom stereocenters. The number of rotatable bonds is 2. The number of nitrogens with zero attached hydrogens (tertiary/aromatic N) is 2. The molecule has 0 saturated heterocycles. The lowest BCUT2D eigenvalue weighted by Crippen LogP contribution is -2.14. The Morgan fingerprint density at radius 1 is 1.46 bits per heavy atom. The number of nitrogens with two attached hydrogens (primary N) is 1. The predicted molar refractivity (Wildman–Crippen MR) is 52.6 cm³/mol. The SMILES string of the molecule is CC(CN)c1nc(C(C)(C)C)n[nH]1. The van der Waals surface area contributed by atoms with E-state index in [2.05, 4.69) is 36.0 Å². The Morgan fingerprint density at radius 3 is 2.46 bits per heavy atom. The van der Waals surface area contributed by atoms with Gasteiger partial charge in [-0.25, -0.2) is 4.98 Å². The number of aromatic amines is 1. The Labute approximate surface area is 78.9 Å². The highest BCUT2D eigenvalue weighted by atomic mass is 15.2. The highest BCUT2D eigenvalue weighted by Gasteiger charge is 2.20. The van der Waals surface area contributed by atoms with Crippen molar-refractivity contribution in [2.24, 2.45) is 5.73 Å².